The van der Waals surface area contributed by atoms with Crippen molar-refractivity contribution in [2.75, 3.05) is 5.32 Å². The van der Waals surface area contributed by atoms with Gasteiger partial charge in [-0.2, -0.15) is 0 Å². The quantitative estimate of drug-likeness (QED) is 0.542. The number of nitrogens with one attached hydrogen (secondary N) is 1. The molecule has 1 saturated carbocycles. The number of amides is 3. The number of anilines is 1. The van der Waals surface area contributed by atoms with Crippen LogP contribution >= 0.6 is 23.1 Å². The molecule has 1 aromatic heterocycles. The van der Waals surface area contributed by atoms with E-state index in [9.17, 15) is 14.4 Å². The highest BCUT2D eigenvalue weighted by Gasteiger charge is 2.40. The maximum absolute atomic E-state index is 13.0. The van der Waals surface area contributed by atoms with Crippen molar-refractivity contribution < 1.29 is 14.4 Å². The minimum atomic E-state index is -0.325. The average molecular weight is 465 g/mol. The summed E-state index contributed by atoms with van der Waals surface area (Å²) in [5.41, 5.74) is 3.37. The molecule has 3 aromatic rings. The highest BCUT2D eigenvalue weighted by molar-refractivity contribution is 8.01. The highest BCUT2D eigenvalue weighted by atomic mass is 32.2. The Balaban J connectivity index is 1.29. The molecule has 1 fully saturated rings. The lowest BCUT2D eigenvalue weighted by molar-refractivity contribution is 0.0549. The number of aromatic nitrogens is 2. The molecule has 5 rings (SSSR count). The molecular formula is C23H20N4O3S2. The van der Waals surface area contributed by atoms with Crippen LogP contribution in [-0.4, -0.2) is 38.9 Å². The molecule has 9 heteroatoms. The molecular weight excluding hydrogens is 444 g/mol. The summed E-state index contributed by atoms with van der Waals surface area (Å²) < 4.78 is 0.849. The van der Waals surface area contributed by atoms with Gasteiger partial charge in [0.2, 0.25) is 0 Å². The first-order valence-corrected chi connectivity index (χ1v) is 12.2. The van der Waals surface area contributed by atoms with Gasteiger partial charge in [-0.15, -0.1) is 10.2 Å². The maximum Gasteiger partial charge on any atom is 0.261 e. The van der Waals surface area contributed by atoms with Crippen molar-refractivity contribution in [1.29, 1.82) is 0 Å². The van der Waals surface area contributed by atoms with Crippen molar-refractivity contribution in [3.63, 3.8) is 0 Å². The van der Waals surface area contributed by atoms with Crippen molar-refractivity contribution in [2.24, 2.45) is 0 Å². The molecule has 7 nitrogen and oxygen atoms in total. The first kappa shape index (κ1) is 20.8. The molecule has 162 valence electrons. The molecule has 32 heavy (non-hydrogen) atoms. The molecule has 3 amide bonds. The molecule has 0 unspecified atom stereocenters. The number of fused-ring (bicyclic) bond motifs is 1. The molecule has 0 spiro atoms. The summed E-state index contributed by atoms with van der Waals surface area (Å²) in [6.07, 6.45) is 4.91. The summed E-state index contributed by atoms with van der Waals surface area (Å²) in [5.74, 6) is -0.856. The van der Waals surface area contributed by atoms with Gasteiger partial charge in [0, 0.05) is 22.2 Å². The molecule has 1 aliphatic carbocycles. The summed E-state index contributed by atoms with van der Waals surface area (Å²) in [6, 6.07) is 12.1. The third kappa shape index (κ3) is 4.05. The second-order valence-corrected chi connectivity index (χ2v) is 9.97. The minimum absolute atomic E-state index is 0.0371. The third-order valence-electron chi connectivity index (χ3n) is 5.78. The van der Waals surface area contributed by atoms with Crippen LogP contribution in [0.5, 0.6) is 0 Å². The monoisotopic (exact) mass is 464 g/mol. The Hall–Kier alpha value is -3.04. The largest absolute Gasteiger partial charge is 0.322 e. The lowest BCUT2D eigenvalue weighted by Gasteiger charge is -2.29. The maximum atomic E-state index is 13.0. The predicted octanol–water partition coefficient (Wildman–Crippen LogP) is 4.87. The lowest BCUT2D eigenvalue weighted by Crippen LogP contribution is -2.40. The molecule has 0 bridgehead atoms. The predicted molar refractivity (Wildman–Crippen MR) is 122 cm³/mol. The van der Waals surface area contributed by atoms with Crippen LogP contribution in [0.3, 0.4) is 0 Å². The van der Waals surface area contributed by atoms with Crippen molar-refractivity contribution in [3.05, 3.63) is 64.7 Å². The highest BCUT2D eigenvalue weighted by Crippen LogP contribution is 2.32. The van der Waals surface area contributed by atoms with Gasteiger partial charge in [0.05, 0.1) is 11.1 Å². The smallest absolute Gasteiger partial charge is 0.261 e. The van der Waals surface area contributed by atoms with Crippen LogP contribution in [0, 0.1) is 0 Å². The normalized spacial score (nSPS) is 16.3. The number of carbonyl (C=O) groups excluding carboxylic acids is 3. The molecule has 1 aliphatic heterocycles. The Kier molecular flexibility index (Phi) is 5.75. The van der Waals surface area contributed by atoms with Crippen LogP contribution in [0.25, 0.3) is 0 Å². The fourth-order valence-corrected chi connectivity index (χ4v) is 5.64. The molecule has 2 heterocycles. The number of hydrogen-bond donors (Lipinski definition) is 1. The molecule has 2 aliphatic rings. The summed E-state index contributed by atoms with van der Waals surface area (Å²) in [4.78, 5) is 41.0. The van der Waals surface area contributed by atoms with E-state index in [1.165, 1.54) is 34.1 Å². The van der Waals surface area contributed by atoms with Crippen molar-refractivity contribution in [1.82, 2.24) is 15.1 Å². The lowest BCUT2D eigenvalue weighted by atomic mass is 9.94. The molecule has 2 aromatic carbocycles. The second-order valence-electron chi connectivity index (χ2n) is 7.82. The number of benzene rings is 2. The summed E-state index contributed by atoms with van der Waals surface area (Å²) in [5, 5.41) is 10.7. The van der Waals surface area contributed by atoms with Gasteiger partial charge in [-0.25, -0.2) is 0 Å². The van der Waals surface area contributed by atoms with E-state index < -0.39 is 0 Å². The van der Waals surface area contributed by atoms with Gasteiger partial charge in [0.15, 0.2) is 4.34 Å². The average Bonchev–Trinajstić information content (AvgIpc) is 3.42. The van der Waals surface area contributed by atoms with E-state index in [1.54, 1.807) is 17.6 Å². The van der Waals surface area contributed by atoms with E-state index in [4.69, 9.17) is 0 Å². The minimum Gasteiger partial charge on any atom is -0.322 e. The van der Waals surface area contributed by atoms with E-state index in [0.29, 0.717) is 22.4 Å². The zero-order valence-electron chi connectivity index (χ0n) is 17.1. The second kappa shape index (κ2) is 8.84. The topological polar surface area (TPSA) is 92.3 Å². The van der Waals surface area contributed by atoms with Crippen LogP contribution in [-0.2, 0) is 0 Å². The summed E-state index contributed by atoms with van der Waals surface area (Å²) in [6.45, 7) is 0. The van der Waals surface area contributed by atoms with Gasteiger partial charge < -0.3 is 5.32 Å². The van der Waals surface area contributed by atoms with Crippen LogP contribution < -0.4 is 5.32 Å². The van der Waals surface area contributed by atoms with Crippen LogP contribution in [0.2, 0.25) is 0 Å². The van der Waals surface area contributed by atoms with E-state index in [1.807, 2.05) is 24.3 Å². The van der Waals surface area contributed by atoms with Gasteiger partial charge in [-0.1, -0.05) is 42.4 Å². The Morgan fingerprint density at radius 3 is 2.47 bits per heavy atom. The number of rotatable bonds is 5. The first-order chi connectivity index (χ1) is 15.6. The SMILES string of the molecule is O=C(Nc1ccc(Sc2nncs2)cc1)c1ccc2c(c1)C(=O)N(C1CCCCC1)C2=O. The van der Waals surface area contributed by atoms with Crippen molar-refractivity contribution in [3.8, 4) is 0 Å². The number of nitrogens with zero attached hydrogens (tertiary/aromatic N) is 3. The van der Waals surface area contributed by atoms with Crippen LogP contribution in [0.4, 0.5) is 5.69 Å². The molecule has 1 N–H and O–H groups in total. The Bertz CT molecular complexity index is 1170. The standard InChI is InChI=1S/C23H20N4O3S2/c28-20(25-15-7-9-17(10-8-15)32-23-26-24-13-31-23)14-6-11-18-19(12-14)22(30)27(21(18)29)16-4-2-1-3-5-16/h6-13,16H,1-5H2,(H,25,28). The zero-order valence-corrected chi connectivity index (χ0v) is 18.7. The fraction of sp³-hybridized carbons (Fsp3) is 0.261. The number of carbonyl (C=O) groups is 3. The number of hydrogen-bond acceptors (Lipinski definition) is 7. The zero-order chi connectivity index (χ0) is 22.1. The first-order valence-electron chi connectivity index (χ1n) is 10.5. The molecule has 0 saturated heterocycles. The molecule has 0 atom stereocenters. The third-order valence-corrected chi connectivity index (χ3v) is 7.56. The Labute approximate surface area is 193 Å². The number of imide groups is 1. The van der Waals surface area contributed by atoms with Crippen LogP contribution in [0.15, 0.2) is 57.2 Å². The van der Waals surface area contributed by atoms with E-state index in [2.05, 4.69) is 15.5 Å². The van der Waals surface area contributed by atoms with Crippen molar-refractivity contribution >= 4 is 46.5 Å². The Morgan fingerprint density at radius 2 is 1.75 bits per heavy atom. The summed E-state index contributed by atoms with van der Waals surface area (Å²) in [7, 11) is 0. The van der Waals surface area contributed by atoms with Gasteiger partial charge in [0.25, 0.3) is 17.7 Å². The van der Waals surface area contributed by atoms with Gasteiger partial charge >= 0.3 is 0 Å². The Morgan fingerprint density at radius 1 is 1.00 bits per heavy atom. The van der Waals surface area contributed by atoms with E-state index in [-0.39, 0.29) is 23.8 Å². The van der Waals surface area contributed by atoms with Gasteiger partial charge in [-0.3, -0.25) is 19.3 Å². The summed E-state index contributed by atoms with van der Waals surface area (Å²) >= 11 is 2.97. The fourth-order valence-electron chi connectivity index (χ4n) is 4.19. The van der Waals surface area contributed by atoms with Gasteiger partial charge in [-0.05, 0) is 55.3 Å². The van der Waals surface area contributed by atoms with Crippen LogP contribution in [0.1, 0.15) is 63.2 Å². The van der Waals surface area contributed by atoms with Crippen molar-refractivity contribution in [2.45, 2.75) is 47.4 Å². The van der Waals surface area contributed by atoms with Gasteiger partial charge in [0.1, 0.15) is 5.51 Å². The van der Waals surface area contributed by atoms with E-state index in [0.717, 1.165) is 41.3 Å². The molecule has 0 radical (unpaired) electrons. The van der Waals surface area contributed by atoms with E-state index >= 15 is 0 Å².